The number of aryl methyl sites for hydroxylation is 1. The zero-order valence-corrected chi connectivity index (χ0v) is 16.8. The zero-order chi connectivity index (χ0) is 19.8. The molecule has 0 fully saturated rings. The lowest BCUT2D eigenvalue weighted by atomic mass is 10.1. The van der Waals surface area contributed by atoms with Crippen molar-refractivity contribution in [1.29, 1.82) is 0 Å². The Kier molecular flexibility index (Phi) is 7.40. The minimum absolute atomic E-state index is 0.183. The van der Waals surface area contributed by atoms with E-state index in [1.807, 2.05) is 6.07 Å². The molecule has 0 amide bonds. The van der Waals surface area contributed by atoms with Gasteiger partial charge in [-0.15, -0.1) is 0 Å². The monoisotopic (exact) mass is 380 g/mol. The largest absolute Gasteiger partial charge is 0.385 e. The summed E-state index contributed by atoms with van der Waals surface area (Å²) in [6.07, 6.45) is 3.08. The maximum absolute atomic E-state index is 13.6. The van der Waals surface area contributed by atoms with E-state index in [-0.39, 0.29) is 5.82 Å². The van der Waals surface area contributed by atoms with Crippen LogP contribution in [0.2, 0.25) is 0 Å². The van der Waals surface area contributed by atoms with E-state index >= 15 is 0 Å². The topological polar surface area (TPSA) is 17.4 Å². The fourth-order valence-corrected chi connectivity index (χ4v) is 3.49. The van der Waals surface area contributed by atoms with Crippen molar-refractivity contribution in [2.45, 2.75) is 33.0 Å². The molecular formula is C24H29FN2O. The van der Waals surface area contributed by atoms with Gasteiger partial charge in [0.25, 0.3) is 0 Å². The second-order valence-electron chi connectivity index (χ2n) is 7.24. The Morgan fingerprint density at radius 1 is 1.00 bits per heavy atom. The van der Waals surface area contributed by atoms with Gasteiger partial charge in [-0.2, -0.15) is 0 Å². The number of halogens is 1. The van der Waals surface area contributed by atoms with E-state index < -0.39 is 0 Å². The highest BCUT2D eigenvalue weighted by atomic mass is 19.1. The van der Waals surface area contributed by atoms with Crippen LogP contribution < -0.4 is 0 Å². The van der Waals surface area contributed by atoms with Crippen LogP contribution in [0.15, 0.2) is 66.9 Å². The maximum Gasteiger partial charge on any atom is 0.123 e. The number of methoxy groups -OCH3 is 1. The Labute approximate surface area is 167 Å². The van der Waals surface area contributed by atoms with Crippen LogP contribution in [0.4, 0.5) is 4.39 Å². The van der Waals surface area contributed by atoms with Crippen LogP contribution in [-0.4, -0.2) is 29.7 Å². The average Bonchev–Trinajstić information content (AvgIpc) is 3.10. The molecule has 148 valence electrons. The molecule has 0 aliphatic rings. The molecule has 3 aromatic rings. The van der Waals surface area contributed by atoms with Gasteiger partial charge in [0, 0.05) is 51.8 Å². The molecular weight excluding hydrogens is 351 g/mol. The maximum atomic E-state index is 13.6. The van der Waals surface area contributed by atoms with E-state index in [1.165, 1.54) is 22.9 Å². The number of rotatable bonds is 10. The van der Waals surface area contributed by atoms with Gasteiger partial charge >= 0.3 is 0 Å². The Hall–Kier alpha value is -2.43. The Morgan fingerprint density at radius 2 is 1.86 bits per heavy atom. The molecule has 0 spiro atoms. The minimum atomic E-state index is -0.183. The third kappa shape index (κ3) is 5.78. The van der Waals surface area contributed by atoms with Gasteiger partial charge in [-0.3, -0.25) is 4.90 Å². The SMILES string of the molecule is COCCCN(Cc1cccc(F)c1)Cc1cccn1Cc1ccccc1C. The molecule has 0 radical (unpaired) electrons. The van der Waals surface area contributed by atoms with Gasteiger partial charge in [-0.25, -0.2) is 4.39 Å². The van der Waals surface area contributed by atoms with Gasteiger partial charge in [0.2, 0.25) is 0 Å². The molecule has 1 aromatic heterocycles. The summed E-state index contributed by atoms with van der Waals surface area (Å²) in [5.74, 6) is -0.183. The smallest absolute Gasteiger partial charge is 0.123 e. The second kappa shape index (κ2) is 10.2. The molecule has 2 aromatic carbocycles. The quantitative estimate of drug-likeness (QED) is 0.459. The summed E-state index contributed by atoms with van der Waals surface area (Å²) in [6.45, 7) is 6.18. The molecule has 0 aliphatic heterocycles. The van der Waals surface area contributed by atoms with Gasteiger partial charge in [0.1, 0.15) is 5.82 Å². The first-order valence-corrected chi connectivity index (χ1v) is 9.80. The Morgan fingerprint density at radius 3 is 2.64 bits per heavy atom. The first kappa shape index (κ1) is 20.3. The number of ether oxygens (including phenoxy) is 1. The number of aromatic nitrogens is 1. The number of nitrogens with zero attached hydrogens (tertiary/aromatic N) is 2. The van der Waals surface area contributed by atoms with E-state index in [0.717, 1.165) is 44.8 Å². The van der Waals surface area contributed by atoms with E-state index in [1.54, 1.807) is 19.2 Å². The van der Waals surface area contributed by atoms with Crippen molar-refractivity contribution in [2.75, 3.05) is 20.3 Å². The van der Waals surface area contributed by atoms with Crippen molar-refractivity contribution in [3.63, 3.8) is 0 Å². The van der Waals surface area contributed by atoms with Gasteiger partial charge in [-0.05, 0) is 54.3 Å². The van der Waals surface area contributed by atoms with Crippen LogP contribution >= 0.6 is 0 Å². The van der Waals surface area contributed by atoms with Gasteiger partial charge < -0.3 is 9.30 Å². The van der Waals surface area contributed by atoms with E-state index in [9.17, 15) is 4.39 Å². The number of hydrogen-bond acceptors (Lipinski definition) is 2. The second-order valence-corrected chi connectivity index (χ2v) is 7.24. The predicted molar refractivity (Wildman–Crippen MR) is 112 cm³/mol. The molecule has 0 bridgehead atoms. The van der Waals surface area contributed by atoms with Crippen molar-refractivity contribution in [3.8, 4) is 0 Å². The summed E-state index contributed by atoms with van der Waals surface area (Å²) >= 11 is 0. The standard InChI is InChI=1S/C24H29FN2O/c1-20-8-3-4-10-22(20)18-27-14-6-12-24(27)19-26(13-7-15-28-2)17-21-9-5-11-23(25)16-21/h3-6,8-12,14,16H,7,13,15,17-19H2,1-2H3. The van der Waals surface area contributed by atoms with Crippen molar-refractivity contribution >= 4 is 0 Å². The summed E-state index contributed by atoms with van der Waals surface area (Å²) in [4.78, 5) is 2.36. The fourth-order valence-electron chi connectivity index (χ4n) is 3.49. The van der Waals surface area contributed by atoms with E-state index in [4.69, 9.17) is 4.74 Å². The normalized spacial score (nSPS) is 11.3. The summed E-state index contributed by atoms with van der Waals surface area (Å²) < 4.78 is 21.1. The molecule has 1 heterocycles. The Balaban J connectivity index is 1.73. The first-order valence-electron chi connectivity index (χ1n) is 9.80. The summed E-state index contributed by atoms with van der Waals surface area (Å²) in [7, 11) is 1.73. The molecule has 3 rings (SSSR count). The number of benzene rings is 2. The predicted octanol–water partition coefficient (Wildman–Crippen LogP) is 5.02. The highest BCUT2D eigenvalue weighted by molar-refractivity contribution is 5.26. The molecule has 0 saturated heterocycles. The third-order valence-corrected chi connectivity index (χ3v) is 5.03. The third-order valence-electron chi connectivity index (χ3n) is 5.03. The highest BCUT2D eigenvalue weighted by Gasteiger charge is 2.11. The number of hydrogen-bond donors (Lipinski definition) is 0. The summed E-state index contributed by atoms with van der Waals surface area (Å²) in [6, 6.07) is 19.6. The molecule has 0 unspecified atom stereocenters. The van der Waals surface area contributed by atoms with E-state index in [2.05, 4.69) is 59.0 Å². The molecule has 0 N–H and O–H groups in total. The first-order chi connectivity index (χ1) is 13.7. The van der Waals surface area contributed by atoms with Crippen LogP contribution in [0.5, 0.6) is 0 Å². The van der Waals surface area contributed by atoms with E-state index in [0.29, 0.717) is 0 Å². The summed E-state index contributed by atoms with van der Waals surface area (Å²) in [5.41, 5.74) is 4.89. The molecule has 0 atom stereocenters. The van der Waals surface area contributed by atoms with Crippen molar-refractivity contribution in [2.24, 2.45) is 0 Å². The van der Waals surface area contributed by atoms with Crippen LogP contribution in [0.1, 0.15) is 28.8 Å². The van der Waals surface area contributed by atoms with Crippen LogP contribution in [-0.2, 0) is 24.4 Å². The lowest BCUT2D eigenvalue weighted by Gasteiger charge is -2.23. The molecule has 0 aliphatic carbocycles. The molecule has 0 saturated carbocycles. The lowest BCUT2D eigenvalue weighted by Crippen LogP contribution is -2.26. The zero-order valence-electron chi connectivity index (χ0n) is 16.8. The van der Waals surface area contributed by atoms with Crippen LogP contribution in [0.25, 0.3) is 0 Å². The summed E-state index contributed by atoms with van der Waals surface area (Å²) in [5, 5.41) is 0. The van der Waals surface area contributed by atoms with Crippen LogP contribution in [0.3, 0.4) is 0 Å². The van der Waals surface area contributed by atoms with Crippen molar-refractivity contribution < 1.29 is 9.13 Å². The highest BCUT2D eigenvalue weighted by Crippen LogP contribution is 2.16. The van der Waals surface area contributed by atoms with Crippen LogP contribution in [0, 0.1) is 12.7 Å². The lowest BCUT2D eigenvalue weighted by molar-refractivity contribution is 0.165. The van der Waals surface area contributed by atoms with Gasteiger partial charge in [0.05, 0.1) is 0 Å². The van der Waals surface area contributed by atoms with Crippen molar-refractivity contribution in [3.05, 3.63) is 95.1 Å². The van der Waals surface area contributed by atoms with Gasteiger partial charge in [-0.1, -0.05) is 36.4 Å². The Bertz CT molecular complexity index is 874. The van der Waals surface area contributed by atoms with Crippen molar-refractivity contribution in [1.82, 2.24) is 9.47 Å². The minimum Gasteiger partial charge on any atom is -0.385 e. The molecule has 4 heteroatoms. The molecule has 3 nitrogen and oxygen atoms in total. The van der Waals surface area contributed by atoms with Gasteiger partial charge in [0.15, 0.2) is 0 Å². The fraction of sp³-hybridized carbons (Fsp3) is 0.333. The molecule has 28 heavy (non-hydrogen) atoms. The average molecular weight is 381 g/mol.